The number of methoxy groups -OCH3 is 1. The van der Waals surface area contributed by atoms with Crippen LogP contribution in [0.1, 0.15) is 0 Å². The Balaban J connectivity index is 2.89. The first-order valence-electron chi connectivity index (χ1n) is 4.77. The minimum Gasteiger partial charge on any atom is -0.468 e. The maximum absolute atomic E-state index is 11.1. The molecule has 0 radical (unpaired) electrons. The van der Waals surface area contributed by atoms with E-state index >= 15 is 0 Å². The summed E-state index contributed by atoms with van der Waals surface area (Å²) in [5.41, 5.74) is 6.06. The molecule has 0 aliphatic rings. The highest BCUT2D eigenvalue weighted by atomic mass is 16.6. The van der Waals surface area contributed by atoms with Crippen LogP contribution in [-0.2, 0) is 9.53 Å². The molecule has 0 aromatic heterocycles. The van der Waals surface area contributed by atoms with Gasteiger partial charge in [0.25, 0.3) is 5.69 Å². The van der Waals surface area contributed by atoms with Gasteiger partial charge in [0.05, 0.1) is 12.0 Å². The average molecular weight is 239 g/mol. The fourth-order valence-corrected chi connectivity index (χ4v) is 1.30. The number of benzene rings is 1. The van der Waals surface area contributed by atoms with E-state index in [0.717, 1.165) is 0 Å². The molecule has 17 heavy (non-hydrogen) atoms. The molecule has 92 valence electrons. The minimum atomic E-state index is -0.556. The largest absolute Gasteiger partial charge is 0.468 e. The molecular formula is C10H13N3O4. The molecule has 0 fully saturated rings. The lowest BCUT2D eigenvalue weighted by atomic mass is 10.2. The van der Waals surface area contributed by atoms with E-state index in [-0.39, 0.29) is 17.9 Å². The van der Waals surface area contributed by atoms with E-state index in [1.54, 1.807) is 11.9 Å². The summed E-state index contributed by atoms with van der Waals surface area (Å²) in [5, 5.41) is 10.6. The third kappa shape index (κ3) is 3.07. The van der Waals surface area contributed by atoms with Crippen LogP contribution in [-0.4, -0.2) is 31.6 Å². The van der Waals surface area contributed by atoms with Crippen LogP contribution in [0.4, 0.5) is 17.1 Å². The highest BCUT2D eigenvalue weighted by Crippen LogP contribution is 2.26. The van der Waals surface area contributed by atoms with Crippen molar-refractivity contribution in [3.8, 4) is 0 Å². The summed E-state index contributed by atoms with van der Waals surface area (Å²) < 4.78 is 4.51. The van der Waals surface area contributed by atoms with Gasteiger partial charge in [0.1, 0.15) is 12.2 Å². The Morgan fingerprint density at radius 1 is 1.59 bits per heavy atom. The molecule has 0 spiro atoms. The quantitative estimate of drug-likeness (QED) is 0.361. The monoisotopic (exact) mass is 239 g/mol. The zero-order valence-corrected chi connectivity index (χ0v) is 9.54. The summed E-state index contributed by atoms with van der Waals surface area (Å²) in [6, 6.07) is 4.27. The number of ether oxygens (including phenoxy) is 1. The minimum absolute atomic E-state index is 0.0494. The SMILES string of the molecule is COC(=O)CN(C)c1ccc([N+](=O)[O-])c(N)c1. The van der Waals surface area contributed by atoms with Gasteiger partial charge in [-0.2, -0.15) is 0 Å². The standard InChI is InChI=1S/C10H13N3O4/c1-12(6-10(14)17-2)7-3-4-9(13(15)16)8(11)5-7/h3-5H,6,11H2,1-2H3. The maximum Gasteiger partial charge on any atom is 0.325 e. The first-order valence-corrected chi connectivity index (χ1v) is 4.77. The van der Waals surface area contributed by atoms with Crippen molar-refractivity contribution in [2.24, 2.45) is 0 Å². The van der Waals surface area contributed by atoms with Gasteiger partial charge in [-0.25, -0.2) is 0 Å². The van der Waals surface area contributed by atoms with Gasteiger partial charge in [0, 0.05) is 18.8 Å². The van der Waals surface area contributed by atoms with E-state index in [2.05, 4.69) is 4.74 Å². The van der Waals surface area contributed by atoms with Crippen LogP contribution in [0.3, 0.4) is 0 Å². The second kappa shape index (κ2) is 5.15. The number of carbonyl (C=O) groups excluding carboxylic acids is 1. The number of nitro benzene ring substituents is 1. The van der Waals surface area contributed by atoms with Crippen molar-refractivity contribution < 1.29 is 14.5 Å². The van der Waals surface area contributed by atoms with Crippen molar-refractivity contribution in [2.75, 3.05) is 31.3 Å². The number of hydrogen-bond donors (Lipinski definition) is 1. The molecule has 0 unspecified atom stereocenters. The van der Waals surface area contributed by atoms with Crippen LogP contribution < -0.4 is 10.6 Å². The van der Waals surface area contributed by atoms with Crippen molar-refractivity contribution in [1.82, 2.24) is 0 Å². The second-order valence-corrected chi connectivity index (χ2v) is 3.43. The Morgan fingerprint density at radius 3 is 2.71 bits per heavy atom. The zero-order valence-electron chi connectivity index (χ0n) is 9.54. The topological polar surface area (TPSA) is 98.7 Å². The van der Waals surface area contributed by atoms with Crippen molar-refractivity contribution in [3.05, 3.63) is 28.3 Å². The number of nitro groups is 1. The first kappa shape index (κ1) is 12.8. The molecule has 0 heterocycles. The highest BCUT2D eigenvalue weighted by molar-refractivity contribution is 5.76. The summed E-state index contributed by atoms with van der Waals surface area (Å²) in [6.07, 6.45) is 0. The van der Waals surface area contributed by atoms with Gasteiger partial charge in [-0.05, 0) is 12.1 Å². The predicted octanol–water partition coefficient (Wildman–Crippen LogP) is 0.786. The van der Waals surface area contributed by atoms with Gasteiger partial charge in [-0.15, -0.1) is 0 Å². The van der Waals surface area contributed by atoms with Crippen LogP contribution >= 0.6 is 0 Å². The van der Waals surface area contributed by atoms with Gasteiger partial charge in [-0.3, -0.25) is 14.9 Å². The van der Waals surface area contributed by atoms with Crippen LogP contribution in [0.25, 0.3) is 0 Å². The lowest BCUT2D eigenvalue weighted by Gasteiger charge is -2.17. The van der Waals surface area contributed by atoms with Crippen LogP contribution in [0.5, 0.6) is 0 Å². The number of carbonyl (C=O) groups is 1. The summed E-state index contributed by atoms with van der Waals surface area (Å²) in [6.45, 7) is 0.0494. The first-order chi connectivity index (χ1) is 7.95. The van der Waals surface area contributed by atoms with E-state index in [1.165, 1.54) is 25.3 Å². The Bertz CT molecular complexity index is 447. The average Bonchev–Trinajstić information content (AvgIpc) is 2.28. The molecule has 0 atom stereocenters. The smallest absolute Gasteiger partial charge is 0.325 e. The molecule has 7 heteroatoms. The lowest BCUT2D eigenvalue weighted by Crippen LogP contribution is -2.26. The van der Waals surface area contributed by atoms with Crippen molar-refractivity contribution in [2.45, 2.75) is 0 Å². The van der Waals surface area contributed by atoms with Crippen molar-refractivity contribution in [1.29, 1.82) is 0 Å². The van der Waals surface area contributed by atoms with E-state index in [1.807, 2.05) is 0 Å². The van der Waals surface area contributed by atoms with Crippen molar-refractivity contribution >= 4 is 23.0 Å². The van der Waals surface area contributed by atoms with E-state index < -0.39 is 10.9 Å². The van der Waals surface area contributed by atoms with E-state index in [9.17, 15) is 14.9 Å². The molecule has 0 aliphatic heterocycles. The maximum atomic E-state index is 11.1. The molecule has 0 bridgehead atoms. The number of anilines is 2. The Morgan fingerprint density at radius 2 is 2.24 bits per heavy atom. The van der Waals surface area contributed by atoms with Gasteiger partial charge in [0.15, 0.2) is 0 Å². The van der Waals surface area contributed by atoms with Crippen LogP contribution in [0.15, 0.2) is 18.2 Å². The normalized spacial score (nSPS) is 9.76. The summed E-state index contributed by atoms with van der Waals surface area (Å²) in [4.78, 5) is 22.7. The number of likely N-dealkylation sites (N-methyl/N-ethyl adjacent to an activating group) is 1. The van der Waals surface area contributed by atoms with Gasteiger partial charge in [0.2, 0.25) is 0 Å². The molecule has 2 N–H and O–H groups in total. The summed E-state index contributed by atoms with van der Waals surface area (Å²) in [5.74, 6) is -0.399. The molecule has 0 saturated heterocycles. The number of nitrogen functional groups attached to an aromatic ring is 1. The predicted molar refractivity (Wildman–Crippen MR) is 62.8 cm³/mol. The zero-order chi connectivity index (χ0) is 13.0. The number of esters is 1. The lowest BCUT2D eigenvalue weighted by molar-refractivity contribution is -0.383. The number of nitrogens with zero attached hydrogens (tertiary/aromatic N) is 2. The second-order valence-electron chi connectivity index (χ2n) is 3.43. The molecule has 1 aromatic rings. The molecule has 1 rings (SSSR count). The highest BCUT2D eigenvalue weighted by Gasteiger charge is 2.14. The molecule has 0 aliphatic carbocycles. The van der Waals surface area contributed by atoms with Crippen LogP contribution in [0.2, 0.25) is 0 Å². The number of rotatable bonds is 4. The van der Waals surface area contributed by atoms with Gasteiger partial charge >= 0.3 is 5.97 Å². The Labute approximate surface area is 97.9 Å². The molecule has 7 nitrogen and oxygen atoms in total. The summed E-state index contributed by atoms with van der Waals surface area (Å²) in [7, 11) is 2.96. The Kier molecular flexibility index (Phi) is 3.86. The Hall–Kier alpha value is -2.31. The third-order valence-corrected chi connectivity index (χ3v) is 2.24. The van der Waals surface area contributed by atoms with E-state index in [0.29, 0.717) is 5.69 Å². The molecule has 1 aromatic carbocycles. The summed E-state index contributed by atoms with van der Waals surface area (Å²) >= 11 is 0. The van der Waals surface area contributed by atoms with Crippen molar-refractivity contribution in [3.63, 3.8) is 0 Å². The van der Waals surface area contributed by atoms with Crippen LogP contribution in [0, 0.1) is 10.1 Å². The number of nitrogens with two attached hydrogens (primary N) is 1. The molecular weight excluding hydrogens is 226 g/mol. The molecule has 0 amide bonds. The third-order valence-electron chi connectivity index (χ3n) is 2.24. The van der Waals surface area contributed by atoms with Gasteiger partial charge in [-0.1, -0.05) is 0 Å². The van der Waals surface area contributed by atoms with E-state index in [4.69, 9.17) is 5.73 Å². The number of hydrogen-bond acceptors (Lipinski definition) is 6. The fourth-order valence-electron chi connectivity index (χ4n) is 1.30. The fraction of sp³-hybridized carbons (Fsp3) is 0.300. The van der Waals surface area contributed by atoms with Gasteiger partial charge < -0.3 is 15.4 Å². The molecule has 0 saturated carbocycles.